The molecular weight excluding hydrogens is 290 g/mol. The lowest BCUT2D eigenvalue weighted by molar-refractivity contribution is -0.122. The molecule has 1 amide bonds. The van der Waals surface area contributed by atoms with Crippen molar-refractivity contribution in [1.29, 1.82) is 0 Å². The first kappa shape index (κ1) is 17.1. The van der Waals surface area contributed by atoms with E-state index in [2.05, 4.69) is 15.4 Å². The van der Waals surface area contributed by atoms with Gasteiger partial charge in [0.2, 0.25) is 5.91 Å². The summed E-state index contributed by atoms with van der Waals surface area (Å²) >= 11 is 0. The van der Waals surface area contributed by atoms with Crippen LogP contribution in [0.2, 0.25) is 0 Å². The van der Waals surface area contributed by atoms with Gasteiger partial charge in [-0.3, -0.25) is 9.48 Å². The van der Waals surface area contributed by atoms with Crippen molar-refractivity contribution < 1.29 is 4.79 Å². The van der Waals surface area contributed by atoms with Crippen molar-refractivity contribution in [3.05, 3.63) is 48.0 Å². The molecule has 1 atom stereocenters. The SMILES string of the molecule is Cl.Cn1cnc(CCNC(=O)C(CN)c2ccccc2)n1. The number of nitrogens with zero attached hydrogens (tertiary/aromatic N) is 3. The summed E-state index contributed by atoms with van der Waals surface area (Å²) in [6.45, 7) is 0.795. The summed E-state index contributed by atoms with van der Waals surface area (Å²) in [5.74, 6) is 0.347. The number of benzene rings is 1. The molecule has 2 aromatic rings. The fraction of sp³-hybridized carbons (Fsp3) is 0.357. The summed E-state index contributed by atoms with van der Waals surface area (Å²) in [4.78, 5) is 16.2. The minimum absolute atomic E-state index is 0. The molecule has 6 nitrogen and oxygen atoms in total. The van der Waals surface area contributed by atoms with E-state index in [1.807, 2.05) is 37.4 Å². The van der Waals surface area contributed by atoms with Gasteiger partial charge in [0.25, 0.3) is 0 Å². The van der Waals surface area contributed by atoms with Crippen LogP contribution in [0.5, 0.6) is 0 Å². The van der Waals surface area contributed by atoms with E-state index in [0.29, 0.717) is 13.0 Å². The number of rotatable bonds is 6. The molecule has 1 aromatic heterocycles. The Morgan fingerprint density at radius 2 is 2.10 bits per heavy atom. The summed E-state index contributed by atoms with van der Waals surface area (Å²) in [5.41, 5.74) is 6.64. The van der Waals surface area contributed by atoms with Gasteiger partial charge in [-0.2, -0.15) is 5.10 Å². The lowest BCUT2D eigenvalue weighted by Gasteiger charge is -2.14. The number of halogens is 1. The molecule has 2 rings (SSSR count). The van der Waals surface area contributed by atoms with E-state index in [9.17, 15) is 4.79 Å². The molecule has 0 saturated carbocycles. The lowest BCUT2D eigenvalue weighted by Crippen LogP contribution is -2.34. The van der Waals surface area contributed by atoms with E-state index in [1.165, 1.54) is 0 Å². The maximum absolute atomic E-state index is 12.1. The second-order valence-electron chi connectivity index (χ2n) is 4.57. The summed E-state index contributed by atoms with van der Waals surface area (Å²) in [6, 6.07) is 9.56. The first-order valence-corrected chi connectivity index (χ1v) is 6.58. The Morgan fingerprint density at radius 1 is 1.38 bits per heavy atom. The first-order chi connectivity index (χ1) is 9.70. The lowest BCUT2D eigenvalue weighted by atomic mass is 9.98. The van der Waals surface area contributed by atoms with Gasteiger partial charge in [0, 0.05) is 26.6 Å². The number of carbonyl (C=O) groups is 1. The number of amides is 1. The van der Waals surface area contributed by atoms with Gasteiger partial charge in [0.1, 0.15) is 6.33 Å². The van der Waals surface area contributed by atoms with Crippen LogP contribution in [0.4, 0.5) is 0 Å². The van der Waals surface area contributed by atoms with Crippen molar-refractivity contribution in [3.8, 4) is 0 Å². The molecule has 21 heavy (non-hydrogen) atoms. The molecule has 7 heteroatoms. The van der Waals surface area contributed by atoms with Gasteiger partial charge in [-0.05, 0) is 5.56 Å². The number of carbonyl (C=O) groups excluding carboxylic acids is 1. The van der Waals surface area contributed by atoms with E-state index in [4.69, 9.17) is 5.73 Å². The van der Waals surface area contributed by atoms with Gasteiger partial charge in [-0.1, -0.05) is 30.3 Å². The smallest absolute Gasteiger partial charge is 0.228 e. The second-order valence-corrected chi connectivity index (χ2v) is 4.57. The molecule has 0 aliphatic heterocycles. The minimum atomic E-state index is -0.312. The summed E-state index contributed by atoms with van der Waals surface area (Å²) in [5, 5.41) is 7.04. The van der Waals surface area contributed by atoms with Crippen molar-refractivity contribution in [2.75, 3.05) is 13.1 Å². The molecule has 3 N–H and O–H groups in total. The van der Waals surface area contributed by atoms with Gasteiger partial charge >= 0.3 is 0 Å². The normalized spacial score (nSPS) is 11.5. The fourth-order valence-electron chi connectivity index (χ4n) is 2.00. The topological polar surface area (TPSA) is 85.8 Å². The van der Waals surface area contributed by atoms with Gasteiger partial charge in [0.15, 0.2) is 5.82 Å². The van der Waals surface area contributed by atoms with Crippen molar-refractivity contribution in [2.24, 2.45) is 12.8 Å². The van der Waals surface area contributed by atoms with Crippen LogP contribution in [0.3, 0.4) is 0 Å². The Labute approximate surface area is 130 Å². The number of hydrogen-bond acceptors (Lipinski definition) is 4. The van der Waals surface area contributed by atoms with Gasteiger partial charge in [-0.25, -0.2) is 4.98 Å². The van der Waals surface area contributed by atoms with E-state index in [1.54, 1.807) is 11.0 Å². The van der Waals surface area contributed by atoms with E-state index in [-0.39, 0.29) is 30.8 Å². The third kappa shape index (κ3) is 4.84. The number of hydrogen-bond donors (Lipinski definition) is 2. The molecule has 1 aromatic carbocycles. The highest BCUT2D eigenvalue weighted by Gasteiger charge is 2.18. The highest BCUT2D eigenvalue weighted by molar-refractivity contribution is 5.85. The molecule has 0 radical (unpaired) electrons. The van der Waals surface area contributed by atoms with Crippen LogP contribution in [-0.2, 0) is 18.3 Å². The summed E-state index contributed by atoms with van der Waals surface area (Å²) in [6.07, 6.45) is 2.25. The van der Waals surface area contributed by atoms with E-state index >= 15 is 0 Å². The molecule has 0 spiro atoms. The predicted molar refractivity (Wildman–Crippen MR) is 83.2 cm³/mol. The zero-order valence-electron chi connectivity index (χ0n) is 11.9. The van der Waals surface area contributed by atoms with Crippen LogP contribution in [0, 0.1) is 0 Å². The maximum Gasteiger partial charge on any atom is 0.228 e. The van der Waals surface area contributed by atoms with Crippen molar-refractivity contribution >= 4 is 18.3 Å². The van der Waals surface area contributed by atoms with E-state index < -0.39 is 0 Å². The minimum Gasteiger partial charge on any atom is -0.355 e. The van der Waals surface area contributed by atoms with Crippen LogP contribution in [0.15, 0.2) is 36.7 Å². The average molecular weight is 310 g/mol. The zero-order chi connectivity index (χ0) is 14.4. The fourth-order valence-corrected chi connectivity index (χ4v) is 2.00. The number of aromatic nitrogens is 3. The molecular formula is C14H20ClN5O. The van der Waals surface area contributed by atoms with Crippen LogP contribution in [-0.4, -0.2) is 33.8 Å². The molecule has 0 saturated heterocycles. The van der Waals surface area contributed by atoms with Crippen molar-refractivity contribution in [3.63, 3.8) is 0 Å². The quantitative estimate of drug-likeness (QED) is 0.820. The highest BCUT2D eigenvalue weighted by atomic mass is 35.5. The Bertz CT molecular complexity index is 558. The number of nitrogens with two attached hydrogens (primary N) is 1. The first-order valence-electron chi connectivity index (χ1n) is 6.58. The highest BCUT2D eigenvalue weighted by Crippen LogP contribution is 2.13. The molecule has 114 valence electrons. The van der Waals surface area contributed by atoms with Crippen LogP contribution >= 0.6 is 12.4 Å². The second kappa shape index (κ2) is 8.39. The molecule has 0 fully saturated rings. The average Bonchev–Trinajstić information content (AvgIpc) is 2.86. The Balaban J connectivity index is 0.00000220. The Morgan fingerprint density at radius 3 is 2.67 bits per heavy atom. The van der Waals surface area contributed by atoms with E-state index in [0.717, 1.165) is 11.4 Å². The number of aryl methyl sites for hydroxylation is 1. The van der Waals surface area contributed by atoms with Gasteiger partial charge in [-0.15, -0.1) is 12.4 Å². The van der Waals surface area contributed by atoms with Gasteiger partial charge in [0.05, 0.1) is 5.92 Å². The zero-order valence-corrected chi connectivity index (χ0v) is 12.7. The Kier molecular flexibility index (Phi) is 6.84. The molecule has 1 heterocycles. The Hall–Kier alpha value is -1.92. The van der Waals surface area contributed by atoms with Gasteiger partial charge < -0.3 is 11.1 Å². The predicted octanol–water partition coefficient (Wildman–Crippen LogP) is 0.638. The molecule has 0 bridgehead atoms. The van der Waals surface area contributed by atoms with Crippen molar-refractivity contribution in [2.45, 2.75) is 12.3 Å². The molecule has 0 aliphatic carbocycles. The monoisotopic (exact) mass is 309 g/mol. The largest absolute Gasteiger partial charge is 0.355 e. The molecule has 1 unspecified atom stereocenters. The summed E-state index contributed by atoms with van der Waals surface area (Å²) in [7, 11) is 1.81. The van der Waals surface area contributed by atoms with Crippen LogP contribution < -0.4 is 11.1 Å². The van der Waals surface area contributed by atoms with Crippen LogP contribution in [0.25, 0.3) is 0 Å². The number of nitrogens with one attached hydrogen (secondary N) is 1. The molecule has 0 aliphatic rings. The van der Waals surface area contributed by atoms with Crippen LogP contribution in [0.1, 0.15) is 17.3 Å². The summed E-state index contributed by atoms with van der Waals surface area (Å²) < 4.78 is 1.64. The third-order valence-corrected chi connectivity index (χ3v) is 3.05. The van der Waals surface area contributed by atoms with Crippen molar-refractivity contribution in [1.82, 2.24) is 20.1 Å². The third-order valence-electron chi connectivity index (χ3n) is 3.05. The maximum atomic E-state index is 12.1. The standard InChI is InChI=1S/C14H19N5O.ClH/c1-19-10-17-13(18-19)7-8-16-14(20)12(9-15)11-5-3-2-4-6-11;/h2-6,10,12H,7-9,15H2,1H3,(H,16,20);1H.